The summed E-state index contributed by atoms with van der Waals surface area (Å²) in [5, 5.41) is 0. The summed E-state index contributed by atoms with van der Waals surface area (Å²) in [6, 6.07) is 0. The second kappa shape index (κ2) is 4.65. The molecule has 0 spiro atoms. The second-order valence-corrected chi connectivity index (χ2v) is 4.74. The Balaban J connectivity index is 2.58. The van der Waals surface area contributed by atoms with Gasteiger partial charge in [-0.25, -0.2) is 0 Å². The lowest BCUT2D eigenvalue weighted by atomic mass is 9.76. The van der Waals surface area contributed by atoms with Gasteiger partial charge >= 0.3 is 0 Å². The highest BCUT2D eigenvalue weighted by Crippen LogP contribution is 2.42. The first-order chi connectivity index (χ1) is 6.14. The minimum atomic E-state index is 0.261. The first-order valence-corrected chi connectivity index (χ1v) is 5.85. The molecule has 1 heterocycles. The van der Waals surface area contributed by atoms with Gasteiger partial charge in [0.15, 0.2) is 0 Å². The molecule has 0 aromatic carbocycles. The van der Waals surface area contributed by atoms with Crippen LogP contribution < -0.4 is 0 Å². The highest BCUT2D eigenvalue weighted by atomic mass is 35.5. The number of halogens is 1. The lowest BCUT2D eigenvalue weighted by molar-refractivity contribution is 0.0619. The summed E-state index contributed by atoms with van der Waals surface area (Å²) in [6.07, 6.45) is 3.95. The van der Waals surface area contributed by atoms with Crippen LogP contribution in [-0.4, -0.2) is 18.6 Å². The van der Waals surface area contributed by atoms with Gasteiger partial charge in [0.05, 0.1) is 6.10 Å². The van der Waals surface area contributed by atoms with Crippen molar-refractivity contribution >= 4 is 11.6 Å². The lowest BCUT2D eigenvalue weighted by Gasteiger charge is -2.32. The lowest BCUT2D eigenvalue weighted by Crippen LogP contribution is -2.32. The molecule has 3 unspecified atom stereocenters. The van der Waals surface area contributed by atoms with Gasteiger partial charge < -0.3 is 4.74 Å². The molecule has 0 amide bonds. The molecule has 0 aromatic heterocycles. The minimum absolute atomic E-state index is 0.261. The summed E-state index contributed by atoms with van der Waals surface area (Å²) in [4.78, 5) is 0. The van der Waals surface area contributed by atoms with Crippen LogP contribution in [0.4, 0.5) is 0 Å². The van der Waals surface area contributed by atoms with Gasteiger partial charge in [0.25, 0.3) is 0 Å². The van der Waals surface area contributed by atoms with Crippen molar-refractivity contribution in [2.24, 2.45) is 11.3 Å². The standard InChI is InChI=1S/C11H21ClO/c1-4-9(2)7-11(8-12)5-6-13-10(11)3/h9-10H,4-8H2,1-3H3. The number of hydrogen-bond donors (Lipinski definition) is 0. The topological polar surface area (TPSA) is 9.23 Å². The van der Waals surface area contributed by atoms with Crippen LogP contribution >= 0.6 is 11.6 Å². The Morgan fingerprint density at radius 2 is 2.31 bits per heavy atom. The van der Waals surface area contributed by atoms with Crippen molar-refractivity contribution in [1.82, 2.24) is 0 Å². The molecule has 3 atom stereocenters. The van der Waals surface area contributed by atoms with E-state index in [0.29, 0.717) is 6.10 Å². The van der Waals surface area contributed by atoms with E-state index in [0.717, 1.165) is 24.8 Å². The van der Waals surface area contributed by atoms with Crippen LogP contribution in [0.3, 0.4) is 0 Å². The number of alkyl halides is 1. The fourth-order valence-corrected chi connectivity index (χ4v) is 2.62. The summed E-state index contributed by atoms with van der Waals surface area (Å²) in [7, 11) is 0. The van der Waals surface area contributed by atoms with Gasteiger partial charge in [-0.1, -0.05) is 20.3 Å². The largest absolute Gasteiger partial charge is 0.378 e. The average Bonchev–Trinajstić information content (AvgIpc) is 2.48. The van der Waals surface area contributed by atoms with Crippen molar-refractivity contribution in [3.05, 3.63) is 0 Å². The minimum Gasteiger partial charge on any atom is -0.378 e. The summed E-state index contributed by atoms with van der Waals surface area (Å²) in [5.41, 5.74) is 0.261. The SMILES string of the molecule is CCC(C)CC1(CCl)CCOC1C. The van der Waals surface area contributed by atoms with E-state index in [9.17, 15) is 0 Å². The van der Waals surface area contributed by atoms with Crippen molar-refractivity contribution in [1.29, 1.82) is 0 Å². The third-order valence-electron chi connectivity index (χ3n) is 3.55. The summed E-state index contributed by atoms with van der Waals surface area (Å²) in [5.74, 6) is 1.52. The molecule has 1 fully saturated rings. The van der Waals surface area contributed by atoms with E-state index in [4.69, 9.17) is 16.3 Å². The second-order valence-electron chi connectivity index (χ2n) is 4.48. The van der Waals surface area contributed by atoms with Crippen LogP contribution in [-0.2, 0) is 4.74 Å². The highest BCUT2D eigenvalue weighted by molar-refractivity contribution is 6.18. The molecule has 0 N–H and O–H groups in total. The molecular weight excluding hydrogens is 184 g/mol. The van der Waals surface area contributed by atoms with Crippen molar-refractivity contribution in [2.75, 3.05) is 12.5 Å². The van der Waals surface area contributed by atoms with E-state index in [-0.39, 0.29) is 5.41 Å². The van der Waals surface area contributed by atoms with Gasteiger partial charge in [0.1, 0.15) is 0 Å². The van der Waals surface area contributed by atoms with E-state index in [1.807, 2.05) is 0 Å². The number of hydrogen-bond acceptors (Lipinski definition) is 1. The van der Waals surface area contributed by atoms with Crippen LogP contribution in [0.1, 0.15) is 40.0 Å². The van der Waals surface area contributed by atoms with E-state index < -0.39 is 0 Å². The predicted molar refractivity (Wildman–Crippen MR) is 57.3 cm³/mol. The first kappa shape index (κ1) is 11.3. The molecule has 1 aliphatic heterocycles. The molecule has 1 saturated heterocycles. The zero-order chi connectivity index (χ0) is 9.90. The fraction of sp³-hybridized carbons (Fsp3) is 1.00. The number of ether oxygens (including phenoxy) is 1. The molecule has 13 heavy (non-hydrogen) atoms. The molecular formula is C11H21ClO. The zero-order valence-electron chi connectivity index (χ0n) is 8.98. The van der Waals surface area contributed by atoms with Crippen molar-refractivity contribution < 1.29 is 4.74 Å². The van der Waals surface area contributed by atoms with Gasteiger partial charge in [-0.3, -0.25) is 0 Å². The molecule has 0 aromatic rings. The molecule has 0 saturated carbocycles. The molecule has 2 heteroatoms. The highest BCUT2D eigenvalue weighted by Gasteiger charge is 2.41. The Hall–Kier alpha value is 0.250. The third kappa shape index (κ3) is 2.38. The van der Waals surface area contributed by atoms with Crippen molar-refractivity contribution in [2.45, 2.75) is 46.1 Å². The average molecular weight is 205 g/mol. The molecule has 1 aliphatic rings. The van der Waals surface area contributed by atoms with Crippen LogP contribution in [0.5, 0.6) is 0 Å². The van der Waals surface area contributed by atoms with Crippen molar-refractivity contribution in [3.8, 4) is 0 Å². The maximum atomic E-state index is 6.08. The Labute approximate surface area is 86.8 Å². The quantitative estimate of drug-likeness (QED) is 0.638. The molecule has 1 rings (SSSR count). The smallest absolute Gasteiger partial charge is 0.0615 e. The van der Waals surface area contributed by atoms with Crippen LogP contribution in [0.25, 0.3) is 0 Å². The molecule has 0 radical (unpaired) electrons. The molecule has 0 aliphatic carbocycles. The molecule has 1 nitrogen and oxygen atoms in total. The summed E-state index contributed by atoms with van der Waals surface area (Å²) in [6.45, 7) is 7.61. The van der Waals surface area contributed by atoms with Crippen LogP contribution in [0.2, 0.25) is 0 Å². The number of rotatable bonds is 4. The Kier molecular flexibility index (Phi) is 4.06. The molecule has 0 bridgehead atoms. The summed E-state index contributed by atoms with van der Waals surface area (Å²) < 4.78 is 5.62. The summed E-state index contributed by atoms with van der Waals surface area (Å²) >= 11 is 6.08. The Bertz CT molecular complexity index is 160. The van der Waals surface area contributed by atoms with Crippen LogP contribution in [0, 0.1) is 11.3 Å². The first-order valence-electron chi connectivity index (χ1n) is 5.32. The predicted octanol–water partition coefficient (Wildman–Crippen LogP) is 3.46. The van der Waals surface area contributed by atoms with Gasteiger partial charge in [-0.15, -0.1) is 11.6 Å². The monoisotopic (exact) mass is 204 g/mol. The Morgan fingerprint density at radius 3 is 2.69 bits per heavy atom. The van der Waals surface area contributed by atoms with E-state index in [2.05, 4.69) is 20.8 Å². The van der Waals surface area contributed by atoms with Gasteiger partial charge in [0.2, 0.25) is 0 Å². The normalized spacial score (nSPS) is 36.5. The Morgan fingerprint density at radius 1 is 1.62 bits per heavy atom. The van der Waals surface area contributed by atoms with Crippen molar-refractivity contribution in [3.63, 3.8) is 0 Å². The van der Waals surface area contributed by atoms with Gasteiger partial charge in [-0.05, 0) is 25.7 Å². The fourth-order valence-electron chi connectivity index (χ4n) is 2.16. The maximum Gasteiger partial charge on any atom is 0.0615 e. The van der Waals surface area contributed by atoms with E-state index >= 15 is 0 Å². The zero-order valence-corrected chi connectivity index (χ0v) is 9.73. The van der Waals surface area contributed by atoms with Gasteiger partial charge in [-0.2, -0.15) is 0 Å². The van der Waals surface area contributed by atoms with E-state index in [1.54, 1.807) is 0 Å². The third-order valence-corrected chi connectivity index (χ3v) is 4.08. The van der Waals surface area contributed by atoms with Gasteiger partial charge in [0, 0.05) is 17.9 Å². The van der Waals surface area contributed by atoms with E-state index in [1.165, 1.54) is 12.8 Å². The molecule has 78 valence electrons. The van der Waals surface area contributed by atoms with Crippen LogP contribution in [0.15, 0.2) is 0 Å². The maximum absolute atomic E-state index is 6.08.